The van der Waals surface area contributed by atoms with Crippen molar-refractivity contribution in [2.24, 2.45) is 11.8 Å². The maximum absolute atomic E-state index is 4.17. The maximum atomic E-state index is 4.17. The standard InChI is InChI=1S/C15H22.C2H6/c1-11(2)14(5)13(4)10-15-8-6-12(3)7-9-15;1-2/h6-9,11,13H,5,10H2,1-4H3;1-2H3. The Morgan fingerprint density at radius 1 is 1.06 bits per heavy atom. The lowest BCUT2D eigenvalue weighted by Crippen LogP contribution is -2.07. The molecule has 0 spiro atoms. The van der Waals surface area contributed by atoms with Crippen molar-refractivity contribution < 1.29 is 0 Å². The molecule has 0 fully saturated rings. The molecule has 0 saturated heterocycles. The van der Waals surface area contributed by atoms with Crippen molar-refractivity contribution in [2.75, 3.05) is 0 Å². The van der Waals surface area contributed by atoms with E-state index in [0.29, 0.717) is 11.8 Å². The maximum Gasteiger partial charge on any atom is -0.0191 e. The first-order chi connectivity index (χ1) is 8.00. The molecule has 0 heterocycles. The van der Waals surface area contributed by atoms with Crippen LogP contribution in [0, 0.1) is 18.8 Å². The zero-order valence-electron chi connectivity index (χ0n) is 12.4. The summed E-state index contributed by atoms with van der Waals surface area (Å²) in [5.41, 5.74) is 4.10. The zero-order valence-corrected chi connectivity index (χ0v) is 12.4. The molecule has 0 nitrogen and oxygen atoms in total. The fourth-order valence-electron chi connectivity index (χ4n) is 1.78. The summed E-state index contributed by atoms with van der Waals surface area (Å²) in [6, 6.07) is 8.80. The van der Waals surface area contributed by atoms with E-state index < -0.39 is 0 Å². The van der Waals surface area contributed by atoms with Crippen LogP contribution in [0.2, 0.25) is 0 Å². The monoisotopic (exact) mass is 232 g/mol. The van der Waals surface area contributed by atoms with Gasteiger partial charge in [0, 0.05) is 0 Å². The van der Waals surface area contributed by atoms with Crippen LogP contribution in [0.4, 0.5) is 0 Å². The molecule has 0 aliphatic carbocycles. The normalized spacial score (nSPS) is 11.7. The molecule has 0 bridgehead atoms. The lowest BCUT2D eigenvalue weighted by Gasteiger charge is -2.18. The topological polar surface area (TPSA) is 0 Å². The number of benzene rings is 1. The van der Waals surface area contributed by atoms with Crippen LogP contribution in [0.3, 0.4) is 0 Å². The highest BCUT2D eigenvalue weighted by Crippen LogP contribution is 2.21. The van der Waals surface area contributed by atoms with E-state index >= 15 is 0 Å². The summed E-state index contributed by atoms with van der Waals surface area (Å²) in [6.07, 6.45) is 1.11. The van der Waals surface area contributed by atoms with Gasteiger partial charge in [0.15, 0.2) is 0 Å². The molecule has 96 valence electrons. The Bertz CT molecular complexity index is 316. The Hall–Kier alpha value is -1.04. The molecule has 0 saturated carbocycles. The van der Waals surface area contributed by atoms with Gasteiger partial charge in [-0.2, -0.15) is 0 Å². The van der Waals surface area contributed by atoms with Gasteiger partial charge in [0.1, 0.15) is 0 Å². The van der Waals surface area contributed by atoms with E-state index in [1.165, 1.54) is 16.7 Å². The molecule has 1 unspecified atom stereocenters. The third kappa shape index (κ3) is 5.72. The predicted octanol–water partition coefficient (Wildman–Crippen LogP) is 5.41. The smallest absolute Gasteiger partial charge is 0.0191 e. The van der Waals surface area contributed by atoms with Crippen molar-refractivity contribution in [3.63, 3.8) is 0 Å². The van der Waals surface area contributed by atoms with Crippen molar-refractivity contribution >= 4 is 0 Å². The van der Waals surface area contributed by atoms with Crippen LogP contribution < -0.4 is 0 Å². The van der Waals surface area contributed by atoms with Crippen LogP contribution in [0.15, 0.2) is 36.4 Å². The van der Waals surface area contributed by atoms with Crippen molar-refractivity contribution in [1.82, 2.24) is 0 Å². The summed E-state index contributed by atoms with van der Waals surface area (Å²) >= 11 is 0. The molecule has 0 aliphatic heterocycles. The van der Waals surface area contributed by atoms with Gasteiger partial charge in [0.25, 0.3) is 0 Å². The third-order valence-electron chi connectivity index (χ3n) is 3.04. The Morgan fingerprint density at radius 2 is 1.53 bits per heavy atom. The summed E-state index contributed by atoms with van der Waals surface area (Å²) in [5.74, 6) is 1.16. The fraction of sp³-hybridized carbons (Fsp3) is 0.529. The van der Waals surface area contributed by atoms with Gasteiger partial charge in [-0.3, -0.25) is 0 Å². The Labute approximate surface area is 108 Å². The van der Waals surface area contributed by atoms with E-state index in [4.69, 9.17) is 0 Å². The van der Waals surface area contributed by atoms with Crippen LogP contribution in [0.5, 0.6) is 0 Å². The highest BCUT2D eigenvalue weighted by atomic mass is 14.2. The molecule has 1 rings (SSSR count). The van der Waals surface area contributed by atoms with Crippen molar-refractivity contribution in [3.8, 4) is 0 Å². The second-order valence-corrected chi connectivity index (χ2v) is 4.82. The molecule has 0 heteroatoms. The third-order valence-corrected chi connectivity index (χ3v) is 3.04. The first kappa shape index (κ1) is 16.0. The fourth-order valence-corrected chi connectivity index (χ4v) is 1.78. The van der Waals surface area contributed by atoms with Crippen LogP contribution in [-0.2, 0) is 6.42 Å². The molecular formula is C17H28. The van der Waals surface area contributed by atoms with Gasteiger partial charge in [-0.15, -0.1) is 0 Å². The highest BCUT2D eigenvalue weighted by Gasteiger charge is 2.10. The number of aryl methyl sites for hydroxylation is 1. The molecule has 0 N–H and O–H groups in total. The Balaban J connectivity index is 0.00000121. The van der Waals surface area contributed by atoms with E-state index in [2.05, 4.69) is 58.5 Å². The van der Waals surface area contributed by atoms with Gasteiger partial charge >= 0.3 is 0 Å². The Kier molecular flexibility index (Phi) is 7.61. The van der Waals surface area contributed by atoms with E-state index in [1.807, 2.05) is 13.8 Å². The summed E-state index contributed by atoms with van der Waals surface area (Å²) in [5, 5.41) is 0. The summed E-state index contributed by atoms with van der Waals surface area (Å²) in [4.78, 5) is 0. The number of hydrogen-bond acceptors (Lipinski definition) is 0. The minimum absolute atomic E-state index is 0.577. The van der Waals surface area contributed by atoms with Crippen LogP contribution in [-0.4, -0.2) is 0 Å². The number of rotatable bonds is 4. The average molecular weight is 232 g/mol. The van der Waals surface area contributed by atoms with E-state index in [9.17, 15) is 0 Å². The van der Waals surface area contributed by atoms with Crippen LogP contribution in [0.25, 0.3) is 0 Å². The second-order valence-electron chi connectivity index (χ2n) is 4.82. The van der Waals surface area contributed by atoms with Crippen molar-refractivity contribution in [1.29, 1.82) is 0 Å². The van der Waals surface area contributed by atoms with Gasteiger partial charge in [0.05, 0.1) is 0 Å². The molecule has 17 heavy (non-hydrogen) atoms. The van der Waals surface area contributed by atoms with E-state index in [1.54, 1.807) is 0 Å². The number of allylic oxidation sites excluding steroid dienone is 1. The van der Waals surface area contributed by atoms with Crippen LogP contribution >= 0.6 is 0 Å². The van der Waals surface area contributed by atoms with E-state index in [0.717, 1.165) is 6.42 Å². The molecule has 1 atom stereocenters. The van der Waals surface area contributed by atoms with Crippen molar-refractivity contribution in [3.05, 3.63) is 47.5 Å². The first-order valence-corrected chi connectivity index (χ1v) is 6.75. The van der Waals surface area contributed by atoms with Crippen LogP contribution in [0.1, 0.15) is 45.7 Å². The summed E-state index contributed by atoms with van der Waals surface area (Å²) in [7, 11) is 0. The molecular weight excluding hydrogens is 204 g/mol. The van der Waals surface area contributed by atoms with Gasteiger partial charge in [0.2, 0.25) is 0 Å². The molecule has 0 aliphatic rings. The highest BCUT2D eigenvalue weighted by molar-refractivity contribution is 5.23. The average Bonchev–Trinajstić information content (AvgIpc) is 2.33. The largest absolute Gasteiger partial charge is 0.0993 e. The molecule has 1 aromatic carbocycles. The first-order valence-electron chi connectivity index (χ1n) is 6.75. The summed E-state index contributed by atoms with van der Waals surface area (Å²) in [6.45, 7) is 17.0. The lowest BCUT2D eigenvalue weighted by molar-refractivity contribution is 0.584. The van der Waals surface area contributed by atoms with Gasteiger partial charge < -0.3 is 0 Å². The molecule has 0 radical (unpaired) electrons. The van der Waals surface area contributed by atoms with E-state index in [-0.39, 0.29) is 0 Å². The molecule has 1 aromatic rings. The Morgan fingerprint density at radius 3 is 1.94 bits per heavy atom. The van der Waals surface area contributed by atoms with Gasteiger partial charge in [-0.1, -0.05) is 76.6 Å². The second kappa shape index (κ2) is 8.11. The van der Waals surface area contributed by atoms with Crippen molar-refractivity contribution in [2.45, 2.75) is 48.0 Å². The summed E-state index contributed by atoms with van der Waals surface area (Å²) < 4.78 is 0. The zero-order chi connectivity index (χ0) is 13.4. The minimum Gasteiger partial charge on any atom is -0.0993 e. The predicted molar refractivity (Wildman–Crippen MR) is 79.4 cm³/mol. The minimum atomic E-state index is 0.577. The number of hydrogen-bond donors (Lipinski definition) is 0. The van der Waals surface area contributed by atoms with Gasteiger partial charge in [-0.25, -0.2) is 0 Å². The van der Waals surface area contributed by atoms with Gasteiger partial charge in [-0.05, 0) is 30.7 Å². The molecule has 0 aromatic heterocycles. The SMILES string of the molecule is C=C(C(C)C)C(C)Cc1ccc(C)cc1.CC. The quantitative estimate of drug-likeness (QED) is 0.609. The lowest BCUT2D eigenvalue weighted by atomic mass is 9.88. The molecule has 0 amide bonds.